The number of hydrogen-bond acceptors (Lipinski definition) is 4. The molecule has 1 fully saturated rings. The highest BCUT2D eigenvalue weighted by Crippen LogP contribution is 2.24. The van der Waals surface area contributed by atoms with Crippen molar-refractivity contribution in [2.75, 3.05) is 0 Å². The summed E-state index contributed by atoms with van der Waals surface area (Å²) in [4.78, 5) is 0. The molecule has 0 amide bonds. The Kier molecular flexibility index (Phi) is 1.48. The zero-order valence-corrected chi connectivity index (χ0v) is 5.37. The van der Waals surface area contributed by atoms with Gasteiger partial charge in [0.25, 0.3) is 0 Å². The first-order valence-electron chi connectivity index (χ1n) is 2.73. The summed E-state index contributed by atoms with van der Waals surface area (Å²) < 4.78 is 9.49. The molecule has 1 rings (SSSR count). The highest BCUT2D eigenvalue weighted by molar-refractivity contribution is 4.65. The predicted octanol–water partition coefficient (Wildman–Crippen LogP) is -0.594. The molecule has 0 aliphatic carbocycles. The lowest BCUT2D eigenvalue weighted by Crippen LogP contribution is -2.21. The van der Waals surface area contributed by atoms with E-state index in [1.54, 1.807) is 13.8 Å². The topological polar surface area (TPSA) is 58.9 Å². The van der Waals surface area contributed by atoms with Gasteiger partial charge in [-0.15, -0.1) is 0 Å². The Morgan fingerprint density at radius 2 is 1.44 bits per heavy atom. The van der Waals surface area contributed by atoms with Crippen LogP contribution in [0.1, 0.15) is 13.8 Å². The Hall–Kier alpha value is -0.160. The maximum atomic E-state index is 8.74. The van der Waals surface area contributed by atoms with Crippen LogP contribution < -0.4 is 0 Å². The van der Waals surface area contributed by atoms with Crippen molar-refractivity contribution in [1.82, 2.24) is 0 Å². The maximum absolute atomic E-state index is 8.74. The van der Waals surface area contributed by atoms with Gasteiger partial charge in [0.15, 0.2) is 5.79 Å². The molecule has 4 heteroatoms. The number of ether oxygens (including phenoxy) is 2. The minimum Gasteiger partial charge on any atom is -0.364 e. The minimum absolute atomic E-state index is 0.862. The van der Waals surface area contributed by atoms with Crippen molar-refractivity contribution >= 4 is 0 Å². The zero-order valence-electron chi connectivity index (χ0n) is 5.37. The summed E-state index contributed by atoms with van der Waals surface area (Å²) in [6.45, 7) is 3.24. The van der Waals surface area contributed by atoms with Gasteiger partial charge in [0.1, 0.15) is 0 Å². The minimum atomic E-state index is -1.21. The van der Waals surface area contributed by atoms with E-state index >= 15 is 0 Å². The van der Waals surface area contributed by atoms with Crippen molar-refractivity contribution in [2.45, 2.75) is 32.2 Å². The molecule has 0 bridgehead atoms. The van der Waals surface area contributed by atoms with Crippen LogP contribution in [0.3, 0.4) is 0 Å². The molecule has 2 atom stereocenters. The van der Waals surface area contributed by atoms with E-state index < -0.39 is 18.4 Å². The quantitative estimate of drug-likeness (QED) is 0.464. The summed E-state index contributed by atoms with van der Waals surface area (Å²) in [5, 5.41) is 17.5. The van der Waals surface area contributed by atoms with Crippen molar-refractivity contribution in [2.24, 2.45) is 0 Å². The van der Waals surface area contributed by atoms with Gasteiger partial charge < -0.3 is 19.7 Å². The van der Waals surface area contributed by atoms with Gasteiger partial charge in [0, 0.05) is 0 Å². The molecule has 0 aromatic rings. The van der Waals surface area contributed by atoms with E-state index in [0.717, 1.165) is 0 Å². The van der Waals surface area contributed by atoms with E-state index in [4.69, 9.17) is 19.7 Å². The van der Waals surface area contributed by atoms with Crippen LogP contribution in [0.2, 0.25) is 0 Å². The Bertz CT molecular complexity index is 99.5. The predicted molar refractivity (Wildman–Crippen MR) is 28.3 cm³/mol. The van der Waals surface area contributed by atoms with E-state index in [2.05, 4.69) is 0 Å². The lowest BCUT2D eigenvalue weighted by Gasteiger charge is -2.14. The molecular formula is C5H10O4. The van der Waals surface area contributed by atoms with Gasteiger partial charge >= 0.3 is 0 Å². The summed E-state index contributed by atoms with van der Waals surface area (Å²) >= 11 is 0. The zero-order chi connectivity index (χ0) is 7.07. The monoisotopic (exact) mass is 134 g/mol. The van der Waals surface area contributed by atoms with Crippen LogP contribution in [0.15, 0.2) is 0 Å². The van der Waals surface area contributed by atoms with Crippen molar-refractivity contribution in [3.63, 3.8) is 0 Å². The Balaban J connectivity index is 2.54. The van der Waals surface area contributed by atoms with E-state index in [0.29, 0.717) is 0 Å². The second kappa shape index (κ2) is 1.91. The van der Waals surface area contributed by atoms with Gasteiger partial charge in [-0.2, -0.15) is 0 Å². The van der Waals surface area contributed by atoms with Crippen molar-refractivity contribution in [1.29, 1.82) is 0 Å². The molecule has 0 aromatic heterocycles. The summed E-state index contributed by atoms with van der Waals surface area (Å²) in [6, 6.07) is 0. The average Bonchev–Trinajstić information content (AvgIpc) is 1.79. The van der Waals surface area contributed by atoms with Crippen LogP contribution in [0.4, 0.5) is 0 Å². The standard InChI is InChI=1S/C5H10O4/c1-5(2)8-3(6)4(7)9-5/h3-4,6-7H,1-2H3. The molecule has 0 radical (unpaired) electrons. The number of aliphatic hydroxyl groups excluding tert-OH is 2. The van der Waals surface area contributed by atoms with Crippen molar-refractivity contribution in [3.8, 4) is 0 Å². The highest BCUT2D eigenvalue weighted by Gasteiger charge is 2.38. The Morgan fingerprint density at radius 1 is 1.11 bits per heavy atom. The molecule has 2 unspecified atom stereocenters. The molecular weight excluding hydrogens is 124 g/mol. The van der Waals surface area contributed by atoms with Gasteiger partial charge in [-0.25, -0.2) is 0 Å². The van der Waals surface area contributed by atoms with Gasteiger partial charge in [0.2, 0.25) is 12.6 Å². The summed E-state index contributed by atoms with van der Waals surface area (Å²) in [7, 11) is 0. The molecule has 54 valence electrons. The molecule has 0 spiro atoms. The normalized spacial score (nSPS) is 41.3. The van der Waals surface area contributed by atoms with E-state index in [1.807, 2.05) is 0 Å². The van der Waals surface area contributed by atoms with Crippen LogP contribution in [0.5, 0.6) is 0 Å². The first-order valence-corrected chi connectivity index (χ1v) is 2.73. The first kappa shape index (κ1) is 6.95. The summed E-state index contributed by atoms with van der Waals surface area (Å²) in [6.07, 6.45) is -2.42. The van der Waals surface area contributed by atoms with Crippen molar-refractivity contribution in [3.05, 3.63) is 0 Å². The van der Waals surface area contributed by atoms with E-state index in [-0.39, 0.29) is 0 Å². The third-order valence-electron chi connectivity index (χ3n) is 1.05. The summed E-state index contributed by atoms with van der Waals surface area (Å²) in [5.41, 5.74) is 0. The van der Waals surface area contributed by atoms with Crippen LogP contribution in [-0.4, -0.2) is 28.6 Å². The van der Waals surface area contributed by atoms with Crippen LogP contribution in [0.25, 0.3) is 0 Å². The van der Waals surface area contributed by atoms with E-state index in [9.17, 15) is 0 Å². The van der Waals surface area contributed by atoms with Gasteiger partial charge in [-0.1, -0.05) is 0 Å². The fourth-order valence-corrected chi connectivity index (χ4v) is 0.726. The summed E-state index contributed by atoms with van der Waals surface area (Å²) in [5.74, 6) is -0.862. The second-order valence-corrected chi connectivity index (χ2v) is 2.42. The molecule has 1 heterocycles. The molecule has 1 aliphatic rings. The maximum Gasteiger partial charge on any atom is 0.209 e. The lowest BCUT2D eigenvalue weighted by atomic mass is 10.4. The highest BCUT2D eigenvalue weighted by atomic mass is 16.8. The smallest absolute Gasteiger partial charge is 0.209 e. The first-order chi connectivity index (χ1) is 4.01. The Labute approximate surface area is 53.0 Å². The second-order valence-electron chi connectivity index (χ2n) is 2.42. The van der Waals surface area contributed by atoms with Crippen LogP contribution in [0, 0.1) is 0 Å². The molecule has 2 N–H and O–H groups in total. The molecule has 9 heavy (non-hydrogen) atoms. The van der Waals surface area contributed by atoms with Gasteiger partial charge in [0.05, 0.1) is 0 Å². The fourth-order valence-electron chi connectivity index (χ4n) is 0.726. The van der Waals surface area contributed by atoms with E-state index in [1.165, 1.54) is 0 Å². The molecule has 0 aromatic carbocycles. The molecule has 1 saturated heterocycles. The number of aliphatic hydroxyl groups is 2. The molecule has 4 nitrogen and oxygen atoms in total. The number of hydrogen-bond donors (Lipinski definition) is 2. The molecule has 0 saturated carbocycles. The van der Waals surface area contributed by atoms with Gasteiger partial charge in [-0.05, 0) is 13.8 Å². The number of rotatable bonds is 0. The fraction of sp³-hybridized carbons (Fsp3) is 1.00. The molecule has 1 aliphatic heterocycles. The SMILES string of the molecule is CC1(C)OC(O)C(O)O1. The average molecular weight is 134 g/mol. The van der Waals surface area contributed by atoms with Gasteiger partial charge in [-0.3, -0.25) is 0 Å². The third-order valence-corrected chi connectivity index (χ3v) is 1.05. The van der Waals surface area contributed by atoms with Crippen molar-refractivity contribution < 1.29 is 19.7 Å². The largest absolute Gasteiger partial charge is 0.364 e. The van der Waals surface area contributed by atoms with Crippen LogP contribution in [-0.2, 0) is 9.47 Å². The van der Waals surface area contributed by atoms with Crippen LogP contribution >= 0.6 is 0 Å². The lowest BCUT2D eigenvalue weighted by molar-refractivity contribution is -0.179. The third kappa shape index (κ3) is 1.40. The Morgan fingerprint density at radius 3 is 1.56 bits per heavy atom.